The highest BCUT2D eigenvalue weighted by atomic mass is 79.9. The molecular formula is C22H26BrN3O3S. The smallest absolute Gasteiger partial charge is 0.245 e. The molecule has 0 aromatic heterocycles. The lowest BCUT2D eigenvalue weighted by Crippen LogP contribution is -2.48. The standard InChI is InChI=1S/C22H26BrN3O3S/c1-16-12-19-13-20(23)14-21(22(19)26(16)17(2)27)30(28,29)25-10-8-24(9-11-25)15-18-6-4-3-5-7-18/h3-7,13-14,16H,8-12,15H2,1-2H3. The molecule has 30 heavy (non-hydrogen) atoms. The van der Waals surface area contributed by atoms with Gasteiger partial charge in [0.05, 0.1) is 5.69 Å². The maximum Gasteiger partial charge on any atom is 0.245 e. The van der Waals surface area contributed by atoms with Gasteiger partial charge in [-0.3, -0.25) is 9.69 Å². The fourth-order valence-electron chi connectivity index (χ4n) is 4.46. The van der Waals surface area contributed by atoms with Gasteiger partial charge in [0.2, 0.25) is 15.9 Å². The third-order valence-electron chi connectivity index (χ3n) is 5.85. The summed E-state index contributed by atoms with van der Waals surface area (Å²) in [7, 11) is -3.71. The van der Waals surface area contributed by atoms with Crippen LogP contribution in [0.1, 0.15) is 25.0 Å². The van der Waals surface area contributed by atoms with Gasteiger partial charge in [-0.05, 0) is 36.6 Å². The zero-order valence-corrected chi connectivity index (χ0v) is 19.6. The predicted octanol–water partition coefficient (Wildman–Crippen LogP) is 3.25. The van der Waals surface area contributed by atoms with Crippen molar-refractivity contribution >= 4 is 37.5 Å². The summed E-state index contributed by atoms with van der Waals surface area (Å²) in [6.07, 6.45) is 0.654. The fraction of sp³-hybridized carbons (Fsp3) is 0.409. The quantitative estimate of drug-likeness (QED) is 0.658. The second-order valence-corrected chi connectivity index (χ2v) is 10.8. The third kappa shape index (κ3) is 4.06. The number of fused-ring (bicyclic) bond motifs is 1. The summed E-state index contributed by atoms with van der Waals surface area (Å²) >= 11 is 3.46. The van der Waals surface area contributed by atoms with Crippen LogP contribution in [0.25, 0.3) is 0 Å². The molecule has 2 aromatic rings. The maximum absolute atomic E-state index is 13.6. The monoisotopic (exact) mass is 491 g/mol. The van der Waals surface area contributed by atoms with Gasteiger partial charge in [0.15, 0.2) is 0 Å². The first-order chi connectivity index (χ1) is 14.3. The number of sulfonamides is 1. The first kappa shape index (κ1) is 21.5. The van der Waals surface area contributed by atoms with E-state index in [1.165, 1.54) is 12.5 Å². The average molecular weight is 492 g/mol. The second-order valence-electron chi connectivity index (χ2n) is 8.02. The molecule has 1 saturated heterocycles. The van der Waals surface area contributed by atoms with Crippen LogP contribution < -0.4 is 4.90 Å². The first-order valence-corrected chi connectivity index (χ1v) is 12.4. The lowest BCUT2D eigenvalue weighted by Gasteiger charge is -2.34. The Labute approximate surface area is 186 Å². The Morgan fingerprint density at radius 3 is 2.40 bits per heavy atom. The van der Waals surface area contributed by atoms with Gasteiger partial charge >= 0.3 is 0 Å². The zero-order valence-electron chi connectivity index (χ0n) is 17.2. The van der Waals surface area contributed by atoms with E-state index in [1.807, 2.05) is 31.2 Å². The molecule has 2 heterocycles. The fourth-order valence-corrected chi connectivity index (χ4v) is 6.79. The van der Waals surface area contributed by atoms with Crippen LogP contribution in [-0.2, 0) is 27.8 Å². The lowest BCUT2D eigenvalue weighted by atomic mass is 10.1. The number of carbonyl (C=O) groups is 1. The lowest BCUT2D eigenvalue weighted by molar-refractivity contribution is -0.116. The molecule has 1 atom stereocenters. The van der Waals surface area contributed by atoms with Crippen molar-refractivity contribution in [3.05, 3.63) is 58.1 Å². The summed E-state index contributed by atoms with van der Waals surface area (Å²) in [6, 6.07) is 13.7. The minimum atomic E-state index is -3.71. The first-order valence-electron chi connectivity index (χ1n) is 10.2. The van der Waals surface area contributed by atoms with Gasteiger partial charge in [-0.2, -0.15) is 4.31 Å². The van der Waals surface area contributed by atoms with Crippen molar-refractivity contribution in [3.8, 4) is 0 Å². The minimum Gasteiger partial charge on any atom is -0.308 e. The van der Waals surface area contributed by atoms with Gasteiger partial charge in [-0.1, -0.05) is 46.3 Å². The van der Waals surface area contributed by atoms with Gasteiger partial charge in [-0.15, -0.1) is 0 Å². The van der Waals surface area contributed by atoms with Gasteiger partial charge in [0, 0.05) is 50.2 Å². The van der Waals surface area contributed by atoms with E-state index in [0.717, 1.165) is 16.6 Å². The normalized spacial score (nSPS) is 20.4. The summed E-state index contributed by atoms with van der Waals surface area (Å²) in [5.74, 6) is -0.132. The number of rotatable bonds is 4. The molecule has 0 radical (unpaired) electrons. The van der Waals surface area contributed by atoms with Crippen molar-refractivity contribution in [3.63, 3.8) is 0 Å². The van der Waals surface area contributed by atoms with Crippen LogP contribution in [0, 0.1) is 0 Å². The van der Waals surface area contributed by atoms with Crippen molar-refractivity contribution in [2.24, 2.45) is 0 Å². The predicted molar refractivity (Wildman–Crippen MR) is 121 cm³/mol. The zero-order chi connectivity index (χ0) is 21.5. The number of amides is 1. The van der Waals surface area contributed by atoms with Crippen molar-refractivity contribution in [2.75, 3.05) is 31.1 Å². The highest BCUT2D eigenvalue weighted by Gasteiger charge is 2.38. The topological polar surface area (TPSA) is 60.9 Å². The number of halogens is 1. The maximum atomic E-state index is 13.6. The van der Waals surface area contributed by atoms with Gasteiger partial charge in [0.1, 0.15) is 4.90 Å². The van der Waals surface area contributed by atoms with Gasteiger partial charge < -0.3 is 4.90 Å². The summed E-state index contributed by atoms with van der Waals surface area (Å²) in [5, 5.41) is 0. The Morgan fingerprint density at radius 2 is 1.77 bits per heavy atom. The minimum absolute atomic E-state index is 0.0523. The van der Waals surface area contributed by atoms with E-state index in [0.29, 0.717) is 38.3 Å². The number of piperazine rings is 1. The van der Waals surface area contributed by atoms with Crippen LogP contribution >= 0.6 is 15.9 Å². The molecular weight excluding hydrogens is 466 g/mol. The summed E-state index contributed by atoms with van der Waals surface area (Å²) < 4.78 is 29.5. The molecule has 0 saturated carbocycles. The third-order valence-corrected chi connectivity index (χ3v) is 8.22. The Bertz CT molecular complexity index is 1050. The van der Waals surface area contributed by atoms with E-state index in [4.69, 9.17) is 0 Å². The molecule has 2 aromatic carbocycles. The number of anilines is 1. The molecule has 6 nitrogen and oxygen atoms in total. The number of benzene rings is 2. The Morgan fingerprint density at radius 1 is 1.10 bits per heavy atom. The Kier molecular flexibility index (Phi) is 6.03. The second kappa shape index (κ2) is 8.42. The van der Waals surface area contributed by atoms with E-state index < -0.39 is 10.0 Å². The highest BCUT2D eigenvalue weighted by Crippen LogP contribution is 2.41. The molecule has 2 aliphatic rings. The van der Waals surface area contributed by atoms with Crippen molar-refractivity contribution in [1.29, 1.82) is 0 Å². The van der Waals surface area contributed by atoms with Crippen LogP contribution in [-0.4, -0.2) is 55.8 Å². The molecule has 0 N–H and O–H groups in total. The molecule has 1 unspecified atom stereocenters. The van der Waals surface area contributed by atoms with E-state index >= 15 is 0 Å². The molecule has 0 spiro atoms. The van der Waals surface area contributed by atoms with Crippen LogP contribution in [0.2, 0.25) is 0 Å². The highest BCUT2D eigenvalue weighted by molar-refractivity contribution is 9.10. The van der Waals surface area contributed by atoms with E-state index in [-0.39, 0.29) is 16.8 Å². The van der Waals surface area contributed by atoms with Crippen LogP contribution in [0.15, 0.2) is 51.8 Å². The Hall–Kier alpha value is -1.74. The van der Waals surface area contributed by atoms with Crippen molar-refractivity contribution < 1.29 is 13.2 Å². The summed E-state index contributed by atoms with van der Waals surface area (Å²) in [6.45, 7) is 6.49. The molecule has 2 aliphatic heterocycles. The van der Waals surface area contributed by atoms with E-state index in [2.05, 4.69) is 33.0 Å². The van der Waals surface area contributed by atoms with Gasteiger partial charge in [0.25, 0.3) is 0 Å². The molecule has 0 bridgehead atoms. The molecule has 8 heteroatoms. The van der Waals surface area contributed by atoms with Crippen molar-refractivity contribution in [2.45, 2.75) is 37.8 Å². The molecule has 1 amide bonds. The van der Waals surface area contributed by atoms with Crippen LogP contribution in [0.3, 0.4) is 0 Å². The molecule has 0 aliphatic carbocycles. The molecule has 160 valence electrons. The number of nitrogens with zero attached hydrogens (tertiary/aromatic N) is 3. The van der Waals surface area contributed by atoms with Crippen molar-refractivity contribution in [1.82, 2.24) is 9.21 Å². The van der Waals surface area contributed by atoms with E-state index in [9.17, 15) is 13.2 Å². The molecule has 4 rings (SSSR count). The SMILES string of the molecule is CC(=O)N1c2c(cc(Br)cc2S(=O)(=O)N2CCN(Cc3ccccc3)CC2)CC1C. The summed E-state index contributed by atoms with van der Waals surface area (Å²) in [4.78, 5) is 16.4. The van der Waals surface area contributed by atoms with Crippen LogP contribution in [0.4, 0.5) is 5.69 Å². The number of hydrogen-bond donors (Lipinski definition) is 0. The Balaban J connectivity index is 1.58. The number of hydrogen-bond acceptors (Lipinski definition) is 4. The van der Waals surface area contributed by atoms with E-state index in [1.54, 1.807) is 15.3 Å². The largest absolute Gasteiger partial charge is 0.308 e. The summed E-state index contributed by atoms with van der Waals surface area (Å²) in [5.41, 5.74) is 2.67. The average Bonchev–Trinajstić information content (AvgIpc) is 3.04. The van der Waals surface area contributed by atoms with Crippen LogP contribution in [0.5, 0.6) is 0 Å². The van der Waals surface area contributed by atoms with Gasteiger partial charge in [-0.25, -0.2) is 8.42 Å². The molecule has 1 fully saturated rings. The number of carbonyl (C=O) groups excluding carboxylic acids is 1.